The molecule has 3 nitrogen and oxygen atoms in total. The first-order valence-electron chi connectivity index (χ1n) is 11.1. The molecule has 158 valence electrons. The molecule has 29 heavy (non-hydrogen) atoms. The van der Waals surface area contributed by atoms with Gasteiger partial charge in [-0.25, -0.2) is 4.39 Å². The molecule has 4 heteroatoms. The predicted octanol–water partition coefficient (Wildman–Crippen LogP) is 5.15. The molecule has 4 aliphatic rings. The summed E-state index contributed by atoms with van der Waals surface area (Å²) < 4.78 is 13.8. The molecular formula is C25H34FNO2. The lowest BCUT2D eigenvalue weighted by atomic mass is 9.47. The van der Waals surface area contributed by atoms with Crippen LogP contribution >= 0.6 is 0 Å². The lowest BCUT2D eigenvalue weighted by molar-refractivity contribution is -0.0238. The summed E-state index contributed by atoms with van der Waals surface area (Å²) in [6, 6.07) is 1.65. The van der Waals surface area contributed by atoms with Gasteiger partial charge < -0.3 is 10.2 Å². The molecule has 1 heterocycles. The summed E-state index contributed by atoms with van der Waals surface area (Å²) in [6.07, 6.45) is 15.4. The van der Waals surface area contributed by atoms with Crippen LogP contribution in [0.15, 0.2) is 36.2 Å². The van der Waals surface area contributed by atoms with Gasteiger partial charge >= 0.3 is 0 Å². The Labute approximate surface area is 173 Å². The van der Waals surface area contributed by atoms with E-state index in [1.165, 1.54) is 30.2 Å². The fourth-order valence-corrected chi connectivity index (χ4v) is 7.22. The molecule has 5 unspecified atom stereocenters. The first kappa shape index (κ1) is 20.7. The minimum atomic E-state index is -0.243. The number of halogens is 1. The van der Waals surface area contributed by atoms with Crippen molar-refractivity contribution in [3.8, 4) is 0 Å². The molecule has 1 aromatic heterocycles. The molecule has 2 N–H and O–H groups in total. The third-order valence-electron chi connectivity index (χ3n) is 8.67. The molecule has 2 saturated carbocycles. The van der Waals surface area contributed by atoms with Gasteiger partial charge in [0.2, 0.25) is 0 Å². The summed E-state index contributed by atoms with van der Waals surface area (Å²) >= 11 is 0. The highest BCUT2D eigenvalue weighted by Gasteiger charge is 2.56. The van der Waals surface area contributed by atoms with Gasteiger partial charge in [-0.1, -0.05) is 31.6 Å². The maximum atomic E-state index is 13.8. The Morgan fingerprint density at radius 3 is 2.52 bits per heavy atom. The number of aliphatic hydroxyl groups excluding tert-OH is 2. The zero-order valence-electron chi connectivity index (χ0n) is 17.9. The van der Waals surface area contributed by atoms with Crippen LogP contribution in [0.25, 0.3) is 5.57 Å². The van der Waals surface area contributed by atoms with Gasteiger partial charge in [-0.2, -0.15) is 0 Å². The number of hydrogen-bond acceptors (Lipinski definition) is 3. The van der Waals surface area contributed by atoms with Crippen LogP contribution in [-0.2, 0) is 0 Å². The Morgan fingerprint density at radius 1 is 1.00 bits per heavy atom. The summed E-state index contributed by atoms with van der Waals surface area (Å²) in [7, 11) is 1.00. The third-order valence-corrected chi connectivity index (χ3v) is 8.67. The van der Waals surface area contributed by atoms with E-state index in [2.05, 4.69) is 31.0 Å². The van der Waals surface area contributed by atoms with Crippen molar-refractivity contribution in [1.82, 2.24) is 4.98 Å². The van der Waals surface area contributed by atoms with E-state index in [9.17, 15) is 9.50 Å². The van der Waals surface area contributed by atoms with Gasteiger partial charge in [-0.3, -0.25) is 4.98 Å². The van der Waals surface area contributed by atoms with Gasteiger partial charge in [0.15, 0.2) is 0 Å². The number of rotatable bonds is 1. The lowest BCUT2D eigenvalue weighted by Crippen LogP contribution is -2.49. The highest BCUT2D eigenvalue weighted by Crippen LogP contribution is 2.66. The second-order valence-corrected chi connectivity index (χ2v) is 9.86. The molecule has 4 aliphatic carbocycles. The van der Waals surface area contributed by atoms with Gasteiger partial charge in [0, 0.05) is 13.3 Å². The van der Waals surface area contributed by atoms with Crippen molar-refractivity contribution in [3.63, 3.8) is 0 Å². The maximum absolute atomic E-state index is 13.8. The first-order valence-corrected chi connectivity index (χ1v) is 11.1. The zero-order valence-corrected chi connectivity index (χ0v) is 17.9. The number of fused-ring (bicyclic) bond motifs is 5. The number of aliphatic hydroxyl groups is 2. The third kappa shape index (κ3) is 3.19. The summed E-state index contributed by atoms with van der Waals surface area (Å²) in [5.41, 5.74) is 4.21. The Kier molecular flexibility index (Phi) is 5.45. The molecule has 0 aromatic carbocycles. The number of allylic oxidation sites excluding steroid dienone is 3. The van der Waals surface area contributed by atoms with Crippen LogP contribution in [-0.4, -0.2) is 28.4 Å². The smallest absolute Gasteiger partial charge is 0.142 e. The van der Waals surface area contributed by atoms with Crippen LogP contribution in [0.3, 0.4) is 0 Å². The molecule has 0 radical (unpaired) electrons. The monoisotopic (exact) mass is 399 g/mol. The molecule has 0 spiro atoms. The fraction of sp³-hybridized carbons (Fsp3) is 0.640. The molecular weight excluding hydrogens is 365 g/mol. The summed E-state index contributed by atoms with van der Waals surface area (Å²) in [4.78, 5) is 4.10. The lowest BCUT2D eigenvalue weighted by Gasteiger charge is -2.57. The molecule has 1 aromatic rings. The predicted molar refractivity (Wildman–Crippen MR) is 113 cm³/mol. The molecule has 0 aliphatic heterocycles. The van der Waals surface area contributed by atoms with Crippen LogP contribution < -0.4 is 0 Å². The number of hydrogen-bond donors (Lipinski definition) is 2. The minimum Gasteiger partial charge on any atom is -0.400 e. The highest BCUT2D eigenvalue weighted by atomic mass is 19.1. The largest absolute Gasteiger partial charge is 0.400 e. The molecule has 0 amide bonds. The maximum Gasteiger partial charge on any atom is 0.142 e. The van der Waals surface area contributed by atoms with Crippen LogP contribution in [0.5, 0.6) is 0 Å². The van der Waals surface area contributed by atoms with Crippen molar-refractivity contribution in [2.45, 2.75) is 64.9 Å². The number of nitrogens with zero attached hydrogens (tertiary/aromatic N) is 1. The van der Waals surface area contributed by atoms with Gasteiger partial charge in [0.25, 0.3) is 0 Å². The van der Waals surface area contributed by atoms with Crippen LogP contribution in [0.2, 0.25) is 0 Å². The minimum absolute atomic E-state index is 0.131. The number of aromatic nitrogens is 1. The van der Waals surface area contributed by atoms with Crippen molar-refractivity contribution in [2.24, 2.45) is 28.6 Å². The Morgan fingerprint density at radius 2 is 1.76 bits per heavy atom. The standard InChI is InChI=1S/C24H30FNO.CH4O/c1-23-9-7-18(27)12-16(23)3-4-19-21-6-5-20(15-11-17(25)14-26-13-15)24(21,2)10-8-22(19)23;1-2/h3,5,11,13-14,18-19,21-22,27H,4,6-10,12H2,1-2H3;2H,1H3/t18?,19?,21-,22?,23?,24?;/m0./s1. The Bertz CT molecular complexity index is 834. The van der Waals surface area contributed by atoms with Crippen molar-refractivity contribution < 1.29 is 14.6 Å². The van der Waals surface area contributed by atoms with E-state index < -0.39 is 0 Å². The van der Waals surface area contributed by atoms with Crippen LogP contribution in [0, 0.1) is 34.4 Å². The summed E-state index contributed by atoms with van der Waals surface area (Å²) in [5, 5.41) is 17.1. The van der Waals surface area contributed by atoms with Crippen LogP contribution in [0.4, 0.5) is 4.39 Å². The summed E-state index contributed by atoms with van der Waals surface area (Å²) in [5.74, 6) is 1.81. The molecule has 5 rings (SSSR count). The SMILES string of the molecule is CC12CCC(O)CC1=CCC1C2CCC2(C)C(c3cncc(F)c3)=CC[C@@H]12.CO. The quantitative estimate of drug-likeness (QED) is 0.643. The van der Waals surface area contributed by atoms with E-state index in [-0.39, 0.29) is 22.8 Å². The normalized spacial score (nSPS) is 40.5. The van der Waals surface area contributed by atoms with Gasteiger partial charge in [0.1, 0.15) is 5.82 Å². The molecule has 2 fully saturated rings. The zero-order chi connectivity index (χ0) is 20.8. The fourth-order valence-electron chi connectivity index (χ4n) is 7.22. The van der Waals surface area contributed by atoms with Gasteiger partial charge in [-0.15, -0.1) is 0 Å². The van der Waals surface area contributed by atoms with Crippen molar-refractivity contribution in [1.29, 1.82) is 0 Å². The second kappa shape index (κ2) is 7.63. The van der Waals surface area contributed by atoms with Gasteiger partial charge in [0.05, 0.1) is 12.3 Å². The molecule has 0 saturated heterocycles. The first-order chi connectivity index (χ1) is 13.9. The van der Waals surface area contributed by atoms with Crippen molar-refractivity contribution in [2.75, 3.05) is 7.11 Å². The molecule has 0 bridgehead atoms. The van der Waals surface area contributed by atoms with Crippen LogP contribution in [0.1, 0.15) is 64.4 Å². The van der Waals surface area contributed by atoms with E-state index in [0.29, 0.717) is 11.8 Å². The molecule has 6 atom stereocenters. The topological polar surface area (TPSA) is 53.4 Å². The average molecular weight is 400 g/mol. The van der Waals surface area contributed by atoms with Crippen molar-refractivity contribution in [3.05, 3.63) is 47.6 Å². The van der Waals surface area contributed by atoms with Crippen molar-refractivity contribution >= 4 is 5.57 Å². The Balaban J connectivity index is 0.000000994. The van der Waals surface area contributed by atoms with E-state index >= 15 is 0 Å². The van der Waals surface area contributed by atoms with E-state index in [0.717, 1.165) is 50.7 Å². The van der Waals surface area contributed by atoms with E-state index in [4.69, 9.17) is 5.11 Å². The van der Waals surface area contributed by atoms with E-state index in [1.54, 1.807) is 6.07 Å². The average Bonchev–Trinajstić information content (AvgIpc) is 3.07. The van der Waals surface area contributed by atoms with Gasteiger partial charge in [-0.05, 0) is 90.7 Å². The second-order valence-electron chi connectivity index (χ2n) is 9.86. The van der Waals surface area contributed by atoms with E-state index in [1.807, 2.05) is 6.20 Å². The Hall–Kier alpha value is -1.52. The summed E-state index contributed by atoms with van der Waals surface area (Å²) in [6.45, 7) is 4.87. The number of pyridine rings is 1. The highest BCUT2D eigenvalue weighted by molar-refractivity contribution is 5.72.